The van der Waals surface area contributed by atoms with Crippen LogP contribution in [0.5, 0.6) is 0 Å². The maximum atomic E-state index is 12.4. The van der Waals surface area contributed by atoms with Crippen LogP contribution < -0.4 is 10.5 Å². The van der Waals surface area contributed by atoms with Gasteiger partial charge in [-0.05, 0) is 44.2 Å². The Balaban J connectivity index is 2.14. The predicted octanol–water partition coefficient (Wildman–Crippen LogP) is 1.60. The molecule has 13 heteroatoms. The molecule has 1 amide bonds. The lowest BCUT2D eigenvalue weighted by Gasteiger charge is -2.14. The molecule has 0 bridgehead atoms. The number of nitrogens with one attached hydrogen (secondary N) is 1. The largest absolute Gasteiger partial charge is 0.462 e. The molecule has 0 spiro atoms. The van der Waals surface area contributed by atoms with Gasteiger partial charge < -0.3 is 14.8 Å². The van der Waals surface area contributed by atoms with Crippen LogP contribution in [0, 0.1) is 10.1 Å². The number of ether oxygens (including phenoxy) is 2. The molecule has 170 valence electrons. The molecule has 1 unspecified atom stereocenters. The minimum absolute atomic E-state index is 0.0245. The number of rotatable bonds is 8. The SMILES string of the molecule is CCOC(=O)c1cc(C(=O)OC(C)C(=O)Nc2ccc(S(N)(=O)=O)cc2)cc([N+](=O)[O-])c1. The second kappa shape index (κ2) is 9.98. The summed E-state index contributed by atoms with van der Waals surface area (Å²) < 4.78 is 32.3. The fourth-order valence-electron chi connectivity index (χ4n) is 2.42. The summed E-state index contributed by atoms with van der Waals surface area (Å²) >= 11 is 0. The summed E-state index contributed by atoms with van der Waals surface area (Å²) in [7, 11) is -3.90. The molecule has 1 atom stereocenters. The molecule has 0 saturated heterocycles. The first-order chi connectivity index (χ1) is 14.9. The van der Waals surface area contributed by atoms with Gasteiger partial charge in [0.2, 0.25) is 10.0 Å². The first kappa shape index (κ1) is 24.4. The van der Waals surface area contributed by atoms with E-state index in [2.05, 4.69) is 5.32 Å². The first-order valence-corrected chi connectivity index (χ1v) is 10.6. The molecule has 0 aliphatic rings. The molecule has 0 aliphatic heterocycles. The van der Waals surface area contributed by atoms with Gasteiger partial charge in [-0.25, -0.2) is 23.1 Å². The van der Waals surface area contributed by atoms with Crippen molar-refractivity contribution in [2.45, 2.75) is 24.8 Å². The van der Waals surface area contributed by atoms with E-state index < -0.39 is 44.6 Å². The standard InChI is InChI=1S/C19H19N3O9S/c1-3-30-18(24)12-8-13(10-15(9-12)22(26)27)19(25)31-11(2)17(23)21-14-4-6-16(7-5-14)32(20,28)29/h4-11H,3H2,1-2H3,(H,21,23)(H2,20,28,29). The van der Waals surface area contributed by atoms with Gasteiger partial charge in [-0.15, -0.1) is 0 Å². The molecule has 0 fully saturated rings. The number of carbonyl (C=O) groups excluding carboxylic acids is 3. The Morgan fingerprint density at radius 3 is 2.16 bits per heavy atom. The van der Waals surface area contributed by atoms with E-state index in [0.717, 1.165) is 18.2 Å². The number of nitrogens with zero attached hydrogens (tertiary/aromatic N) is 1. The quantitative estimate of drug-likeness (QED) is 0.332. The monoisotopic (exact) mass is 465 g/mol. The van der Waals surface area contributed by atoms with Gasteiger partial charge in [-0.2, -0.15) is 0 Å². The predicted molar refractivity (Wildman–Crippen MR) is 110 cm³/mol. The minimum atomic E-state index is -3.90. The molecule has 2 aromatic rings. The Labute approximate surface area is 182 Å². The summed E-state index contributed by atoms with van der Waals surface area (Å²) in [6, 6.07) is 7.86. The average Bonchev–Trinajstić information content (AvgIpc) is 2.73. The van der Waals surface area contributed by atoms with Crippen molar-refractivity contribution in [2.75, 3.05) is 11.9 Å². The number of non-ortho nitro benzene ring substituents is 1. The maximum Gasteiger partial charge on any atom is 0.339 e. The average molecular weight is 465 g/mol. The third kappa shape index (κ3) is 6.33. The molecule has 0 saturated carbocycles. The van der Waals surface area contributed by atoms with Gasteiger partial charge in [0.05, 0.1) is 27.6 Å². The summed E-state index contributed by atoms with van der Waals surface area (Å²) in [6.45, 7) is 2.83. The molecular formula is C19H19N3O9S. The van der Waals surface area contributed by atoms with Crippen LogP contribution in [0.15, 0.2) is 47.4 Å². The molecule has 2 rings (SSSR count). The van der Waals surface area contributed by atoms with Crippen molar-refractivity contribution in [1.29, 1.82) is 0 Å². The number of carbonyl (C=O) groups is 3. The lowest BCUT2D eigenvalue weighted by molar-refractivity contribution is -0.384. The first-order valence-electron chi connectivity index (χ1n) is 9.03. The maximum absolute atomic E-state index is 12.4. The zero-order chi connectivity index (χ0) is 24.1. The minimum Gasteiger partial charge on any atom is -0.462 e. The van der Waals surface area contributed by atoms with Crippen molar-refractivity contribution in [3.8, 4) is 0 Å². The topological polar surface area (TPSA) is 185 Å². The lowest BCUT2D eigenvalue weighted by atomic mass is 10.1. The number of primary sulfonamides is 1. The highest BCUT2D eigenvalue weighted by atomic mass is 32.2. The normalized spacial score (nSPS) is 11.8. The van der Waals surface area contributed by atoms with E-state index in [0.29, 0.717) is 0 Å². The van der Waals surface area contributed by atoms with Gasteiger partial charge in [0, 0.05) is 17.8 Å². The van der Waals surface area contributed by atoms with Crippen LogP contribution in [0.25, 0.3) is 0 Å². The van der Waals surface area contributed by atoms with E-state index in [1.807, 2.05) is 0 Å². The summed E-state index contributed by atoms with van der Waals surface area (Å²) in [6.07, 6.45) is -1.33. The Hall–Kier alpha value is -3.84. The van der Waals surface area contributed by atoms with Crippen molar-refractivity contribution in [1.82, 2.24) is 0 Å². The number of anilines is 1. The summed E-state index contributed by atoms with van der Waals surface area (Å²) in [5, 5.41) is 18.5. The van der Waals surface area contributed by atoms with Crippen molar-refractivity contribution >= 4 is 39.2 Å². The van der Waals surface area contributed by atoms with E-state index in [9.17, 15) is 32.9 Å². The Bertz CT molecular complexity index is 1160. The van der Waals surface area contributed by atoms with Gasteiger partial charge in [-0.3, -0.25) is 14.9 Å². The number of esters is 2. The van der Waals surface area contributed by atoms with Gasteiger partial charge in [0.25, 0.3) is 11.6 Å². The van der Waals surface area contributed by atoms with Crippen molar-refractivity contribution in [2.24, 2.45) is 5.14 Å². The molecule has 0 aliphatic carbocycles. The Morgan fingerprint density at radius 2 is 1.66 bits per heavy atom. The number of nitrogens with two attached hydrogens (primary N) is 1. The van der Waals surface area contributed by atoms with Crippen molar-refractivity contribution < 1.29 is 37.2 Å². The molecule has 2 aromatic carbocycles. The molecule has 0 aromatic heterocycles. The molecule has 3 N–H and O–H groups in total. The van der Waals surface area contributed by atoms with Gasteiger partial charge in [-0.1, -0.05) is 0 Å². The number of amides is 1. The summed E-state index contributed by atoms with van der Waals surface area (Å²) in [5.41, 5.74) is -0.862. The second-order valence-corrected chi connectivity index (χ2v) is 7.91. The fraction of sp³-hybridized carbons (Fsp3) is 0.211. The molecule has 32 heavy (non-hydrogen) atoms. The van der Waals surface area contributed by atoms with Crippen LogP contribution in [0.3, 0.4) is 0 Å². The van der Waals surface area contributed by atoms with E-state index in [1.54, 1.807) is 6.92 Å². The van der Waals surface area contributed by atoms with Gasteiger partial charge in [0.1, 0.15) is 0 Å². The van der Waals surface area contributed by atoms with Crippen LogP contribution >= 0.6 is 0 Å². The van der Waals surface area contributed by atoms with Crippen molar-refractivity contribution in [3.63, 3.8) is 0 Å². The van der Waals surface area contributed by atoms with E-state index in [1.165, 1.54) is 31.2 Å². The van der Waals surface area contributed by atoms with Crippen LogP contribution in [0.1, 0.15) is 34.6 Å². The van der Waals surface area contributed by atoms with Gasteiger partial charge >= 0.3 is 11.9 Å². The van der Waals surface area contributed by atoms with Crippen LogP contribution in [0.4, 0.5) is 11.4 Å². The van der Waals surface area contributed by atoms with Crippen LogP contribution in [-0.4, -0.2) is 43.9 Å². The van der Waals surface area contributed by atoms with Crippen LogP contribution in [0.2, 0.25) is 0 Å². The smallest absolute Gasteiger partial charge is 0.339 e. The number of nitro groups is 1. The molecule has 0 heterocycles. The zero-order valence-corrected chi connectivity index (χ0v) is 17.7. The van der Waals surface area contributed by atoms with Crippen LogP contribution in [-0.2, 0) is 24.3 Å². The van der Waals surface area contributed by atoms with Crippen molar-refractivity contribution in [3.05, 3.63) is 63.7 Å². The van der Waals surface area contributed by atoms with E-state index >= 15 is 0 Å². The molecule has 12 nitrogen and oxygen atoms in total. The number of hydrogen-bond donors (Lipinski definition) is 2. The zero-order valence-electron chi connectivity index (χ0n) is 16.9. The fourth-order valence-corrected chi connectivity index (χ4v) is 2.94. The number of benzene rings is 2. The third-order valence-corrected chi connectivity index (χ3v) is 4.91. The molecular weight excluding hydrogens is 446 g/mol. The Morgan fingerprint density at radius 1 is 1.09 bits per heavy atom. The highest BCUT2D eigenvalue weighted by Gasteiger charge is 2.23. The number of nitro benzene ring substituents is 1. The lowest BCUT2D eigenvalue weighted by Crippen LogP contribution is -2.30. The Kier molecular flexibility index (Phi) is 7.62. The van der Waals surface area contributed by atoms with Gasteiger partial charge in [0.15, 0.2) is 6.10 Å². The summed E-state index contributed by atoms with van der Waals surface area (Å²) in [5.74, 6) is -2.69. The van der Waals surface area contributed by atoms with E-state index in [4.69, 9.17) is 14.6 Å². The third-order valence-electron chi connectivity index (χ3n) is 3.98. The highest BCUT2D eigenvalue weighted by Crippen LogP contribution is 2.20. The van der Waals surface area contributed by atoms with E-state index in [-0.39, 0.29) is 28.3 Å². The number of sulfonamides is 1. The summed E-state index contributed by atoms with van der Waals surface area (Å²) in [4.78, 5) is 46.8. The second-order valence-electron chi connectivity index (χ2n) is 6.35. The highest BCUT2D eigenvalue weighted by molar-refractivity contribution is 7.89. The number of hydrogen-bond acceptors (Lipinski definition) is 9. The molecule has 0 radical (unpaired) electrons.